The van der Waals surface area contributed by atoms with Crippen LogP contribution < -0.4 is 14.8 Å². The highest BCUT2D eigenvalue weighted by Crippen LogP contribution is 2.42. The highest BCUT2D eigenvalue weighted by molar-refractivity contribution is 9.10. The third-order valence-corrected chi connectivity index (χ3v) is 3.64. The summed E-state index contributed by atoms with van der Waals surface area (Å²) in [7, 11) is 3.09. The van der Waals surface area contributed by atoms with Crippen molar-refractivity contribution in [3.05, 3.63) is 21.9 Å². The van der Waals surface area contributed by atoms with E-state index in [0.29, 0.717) is 21.5 Å². The Hall–Kier alpha value is -0.810. The summed E-state index contributed by atoms with van der Waals surface area (Å²) in [6.07, 6.45) is 0.910. The van der Waals surface area contributed by atoms with Crippen LogP contribution in [0.15, 0.2) is 10.5 Å². The summed E-state index contributed by atoms with van der Waals surface area (Å²) in [6, 6.07) is 1.60. The van der Waals surface area contributed by atoms with Gasteiger partial charge in [-0.1, -0.05) is 0 Å². The van der Waals surface area contributed by atoms with Gasteiger partial charge < -0.3 is 14.8 Å². The minimum absolute atomic E-state index is 0.136. The quantitative estimate of drug-likeness (QED) is 0.931. The lowest BCUT2D eigenvalue weighted by atomic mass is 9.96. The molecule has 1 fully saturated rings. The van der Waals surface area contributed by atoms with Crippen LogP contribution in [0.1, 0.15) is 17.9 Å². The van der Waals surface area contributed by atoms with Crippen LogP contribution in [0.2, 0.25) is 0 Å². The Morgan fingerprint density at radius 3 is 2.71 bits per heavy atom. The Bertz CT molecular complexity index is 419. The lowest BCUT2D eigenvalue weighted by Crippen LogP contribution is -2.11. The minimum atomic E-state index is -0.253. The lowest BCUT2D eigenvalue weighted by Gasteiger charge is -2.18. The minimum Gasteiger partial charge on any atom is -0.493 e. The first kappa shape index (κ1) is 12.6. The van der Waals surface area contributed by atoms with Crippen molar-refractivity contribution in [1.82, 2.24) is 5.32 Å². The van der Waals surface area contributed by atoms with Gasteiger partial charge in [-0.25, -0.2) is 4.39 Å². The predicted octanol–water partition coefficient (Wildman–Crippen LogP) is 2.68. The monoisotopic (exact) mass is 303 g/mol. The van der Waals surface area contributed by atoms with Crippen molar-refractivity contribution >= 4 is 15.9 Å². The highest BCUT2D eigenvalue weighted by atomic mass is 79.9. The molecule has 1 heterocycles. The van der Waals surface area contributed by atoms with Crippen molar-refractivity contribution in [3.8, 4) is 11.5 Å². The third kappa shape index (κ3) is 2.26. The molecule has 0 spiro atoms. The van der Waals surface area contributed by atoms with Crippen LogP contribution in [-0.4, -0.2) is 27.3 Å². The molecular weight excluding hydrogens is 289 g/mol. The van der Waals surface area contributed by atoms with Crippen LogP contribution in [0.25, 0.3) is 0 Å². The Balaban J connectivity index is 2.56. The maximum atomic E-state index is 14.2. The number of nitrogens with one attached hydrogen (secondary N) is 1. The van der Waals surface area contributed by atoms with Crippen LogP contribution in [0, 0.1) is 5.82 Å². The van der Waals surface area contributed by atoms with Gasteiger partial charge in [0, 0.05) is 24.1 Å². The normalized spacial score (nSPS) is 19.4. The molecular formula is C12H15BrFNO2. The molecule has 1 atom stereocenters. The predicted molar refractivity (Wildman–Crippen MR) is 67.4 cm³/mol. The number of halogens is 2. The van der Waals surface area contributed by atoms with E-state index in [1.54, 1.807) is 13.2 Å². The Kier molecular flexibility index (Phi) is 3.89. The summed E-state index contributed by atoms with van der Waals surface area (Å²) < 4.78 is 25.2. The molecule has 0 amide bonds. The van der Waals surface area contributed by atoms with Gasteiger partial charge in [0.15, 0.2) is 11.5 Å². The van der Waals surface area contributed by atoms with Gasteiger partial charge in [-0.15, -0.1) is 0 Å². The van der Waals surface area contributed by atoms with Gasteiger partial charge in [0.2, 0.25) is 0 Å². The molecule has 94 valence electrons. The van der Waals surface area contributed by atoms with Gasteiger partial charge in [-0.05, 0) is 28.9 Å². The zero-order valence-corrected chi connectivity index (χ0v) is 11.4. The van der Waals surface area contributed by atoms with Crippen LogP contribution >= 0.6 is 15.9 Å². The van der Waals surface area contributed by atoms with E-state index >= 15 is 0 Å². The van der Waals surface area contributed by atoms with Gasteiger partial charge in [-0.2, -0.15) is 0 Å². The second kappa shape index (κ2) is 5.23. The molecule has 1 N–H and O–H groups in total. The van der Waals surface area contributed by atoms with Gasteiger partial charge in [0.1, 0.15) is 5.82 Å². The SMILES string of the molecule is COc1cc(Br)c(F)c(C2CCNC2)c1OC. The number of hydrogen-bond donors (Lipinski definition) is 1. The van der Waals surface area contributed by atoms with E-state index < -0.39 is 0 Å². The fourth-order valence-corrected chi connectivity index (χ4v) is 2.65. The Morgan fingerprint density at radius 2 is 2.18 bits per heavy atom. The standard InChI is InChI=1S/C12H15BrFNO2/c1-16-9-5-8(13)11(14)10(12(9)17-2)7-3-4-15-6-7/h5,7,15H,3-4,6H2,1-2H3. The summed E-state index contributed by atoms with van der Waals surface area (Å²) in [4.78, 5) is 0. The first-order valence-corrected chi connectivity index (χ1v) is 6.29. The maximum Gasteiger partial charge on any atom is 0.167 e. The van der Waals surface area contributed by atoms with Crippen LogP contribution in [-0.2, 0) is 0 Å². The van der Waals surface area contributed by atoms with Gasteiger partial charge in [0.05, 0.1) is 18.7 Å². The highest BCUT2D eigenvalue weighted by Gasteiger charge is 2.27. The van der Waals surface area contributed by atoms with Crippen molar-refractivity contribution in [2.75, 3.05) is 27.3 Å². The molecule has 1 aromatic carbocycles. The average Bonchev–Trinajstić information content (AvgIpc) is 2.85. The van der Waals surface area contributed by atoms with E-state index in [1.807, 2.05) is 0 Å². The van der Waals surface area contributed by atoms with E-state index in [4.69, 9.17) is 9.47 Å². The molecule has 0 saturated carbocycles. The number of methoxy groups -OCH3 is 2. The molecule has 1 aliphatic heterocycles. The van der Waals surface area contributed by atoms with Crippen molar-refractivity contribution in [2.24, 2.45) is 0 Å². The molecule has 0 bridgehead atoms. The summed E-state index contributed by atoms with van der Waals surface area (Å²) >= 11 is 3.22. The second-order valence-corrected chi connectivity index (χ2v) is 4.87. The first-order valence-electron chi connectivity index (χ1n) is 5.49. The molecule has 1 saturated heterocycles. The number of benzene rings is 1. The van der Waals surface area contributed by atoms with E-state index in [2.05, 4.69) is 21.2 Å². The number of rotatable bonds is 3. The van der Waals surface area contributed by atoms with E-state index in [9.17, 15) is 4.39 Å². The fourth-order valence-electron chi connectivity index (χ4n) is 2.23. The fraction of sp³-hybridized carbons (Fsp3) is 0.500. The second-order valence-electron chi connectivity index (χ2n) is 4.01. The molecule has 2 rings (SSSR count). The molecule has 5 heteroatoms. The molecule has 0 aromatic heterocycles. The first-order chi connectivity index (χ1) is 8.19. The molecule has 1 aromatic rings. The van der Waals surface area contributed by atoms with Crippen molar-refractivity contribution in [3.63, 3.8) is 0 Å². The molecule has 1 aliphatic rings. The van der Waals surface area contributed by atoms with E-state index in [-0.39, 0.29) is 11.7 Å². The summed E-state index contributed by atoms with van der Waals surface area (Å²) in [6.45, 7) is 1.68. The molecule has 3 nitrogen and oxygen atoms in total. The lowest BCUT2D eigenvalue weighted by molar-refractivity contribution is 0.345. The van der Waals surface area contributed by atoms with Crippen molar-refractivity contribution in [1.29, 1.82) is 0 Å². The zero-order valence-electron chi connectivity index (χ0n) is 9.85. The number of hydrogen-bond acceptors (Lipinski definition) is 3. The average molecular weight is 304 g/mol. The Labute approximate surface area is 108 Å². The van der Waals surface area contributed by atoms with Gasteiger partial charge in [-0.3, -0.25) is 0 Å². The summed E-state index contributed by atoms with van der Waals surface area (Å²) in [5.41, 5.74) is 0.601. The summed E-state index contributed by atoms with van der Waals surface area (Å²) in [5, 5.41) is 3.23. The van der Waals surface area contributed by atoms with Gasteiger partial charge >= 0.3 is 0 Å². The topological polar surface area (TPSA) is 30.5 Å². The Morgan fingerprint density at radius 1 is 1.41 bits per heavy atom. The smallest absolute Gasteiger partial charge is 0.167 e. The molecule has 17 heavy (non-hydrogen) atoms. The van der Waals surface area contributed by atoms with E-state index in [1.165, 1.54) is 7.11 Å². The summed E-state index contributed by atoms with van der Waals surface area (Å²) in [5.74, 6) is 0.942. The van der Waals surface area contributed by atoms with Crippen LogP contribution in [0.3, 0.4) is 0 Å². The number of ether oxygens (including phenoxy) is 2. The molecule has 0 radical (unpaired) electrons. The largest absolute Gasteiger partial charge is 0.493 e. The third-order valence-electron chi connectivity index (χ3n) is 3.06. The van der Waals surface area contributed by atoms with Gasteiger partial charge in [0.25, 0.3) is 0 Å². The van der Waals surface area contributed by atoms with Crippen molar-refractivity contribution in [2.45, 2.75) is 12.3 Å². The van der Waals surface area contributed by atoms with Crippen molar-refractivity contribution < 1.29 is 13.9 Å². The van der Waals surface area contributed by atoms with Crippen LogP contribution in [0.5, 0.6) is 11.5 Å². The molecule has 1 unspecified atom stereocenters. The molecule has 0 aliphatic carbocycles. The zero-order chi connectivity index (χ0) is 12.4. The maximum absolute atomic E-state index is 14.2. The van der Waals surface area contributed by atoms with E-state index in [0.717, 1.165) is 19.5 Å². The van der Waals surface area contributed by atoms with Crippen LogP contribution in [0.4, 0.5) is 4.39 Å².